The molecule has 1 fully saturated rings. The lowest BCUT2D eigenvalue weighted by atomic mass is 9.87. The molecule has 2 heterocycles. The van der Waals surface area contributed by atoms with E-state index in [-0.39, 0.29) is 17.6 Å². The van der Waals surface area contributed by atoms with E-state index in [1.54, 1.807) is 12.1 Å². The molecule has 1 unspecified atom stereocenters. The number of nitrogens with zero attached hydrogens (tertiary/aromatic N) is 2. The van der Waals surface area contributed by atoms with Gasteiger partial charge in [-0.2, -0.15) is 0 Å². The van der Waals surface area contributed by atoms with Crippen molar-refractivity contribution in [3.63, 3.8) is 0 Å². The van der Waals surface area contributed by atoms with Crippen LogP contribution in [0.5, 0.6) is 5.75 Å². The Morgan fingerprint density at radius 2 is 1.62 bits per heavy atom. The molecule has 2 aliphatic heterocycles. The quantitative estimate of drug-likeness (QED) is 0.610. The third-order valence-electron chi connectivity index (χ3n) is 6.62. The van der Waals surface area contributed by atoms with E-state index in [4.69, 9.17) is 4.99 Å². The molecule has 0 saturated carbocycles. The first-order valence-corrected chi connectivity index (χ1v) is 11.3. The maximum absolute atomic E-state index is 14.7. The Hall–Kier alpha value is -3.02. The van der Waals surface area contributed by atoms with Crippen LogP contribution in [0.25, 0.3) is 0 Å². The Morgan fingerprint density at radius 1 is 0.938 bits per heavy atom. The fourth-order valence-electron chi connectivity index (χ4n) is 4.92. The number of phenols is 1. The average Bonchev–Trinajstić information content (AvgIpc) is 2.82. The molecule has 5 rings (SSSR count). The van der Waals surface area contributed by atoms with Crippen LogP contribution in [-0.2, 0) is 6.54 Å². The SMILES string of the molecule is Oc1ccccc1C1=NC2(CCN(Cc3ccccc3)CC2)NC(c2ccccc2F)C1. The number of piperidine rings is 1. The van der Waals surface area contributed by atoms with Crippen LogP contribution in [-0.4, -0.2) is 34.5 Å². The van der Waals surface area contributed by atoms with Gasteiger partial charge in [0, 0.05) is 48.9 Å². The van der Waals surface area contributed by atoms with Crippen molar-refractivity contribution in [2.45, 2.75) is 37.5 Å². The van der Waals surface area contributed by atoms with Gasteiger partial charge < -0.3 is 5.11 Å². The summed E-state index contributed by atoms with van der Waals surface area (Å²) in [6.07, 6.45) is 2.21. The molecule has 0 bridgehead atoms. The van der Waals surface area contributed by atoms with Gasteiger partial charge >= 0.3 is 0 Å². The van der Waals surface area contributed by atoms with Gasteiger partial charge in [-0.3, -0.25) is 15.2 Å². The summed E-state index contributed by atoms with van der Waals surface area (Å²) >= 11 is 0. The number of hydrogen-bond acceptors (Lipinski definition) is 4. The summed E-state index contributed by atoms with van der Waals surface area (Å²) in [7, 11) is 0. The summed E-state index contributed by atoms with van der Waals surface area (Å²) in [6, 6.07) is 24.6. The van der Waals surface area contributed by atoms with Crippen LogP contribution >= 0.6 is 0 Å². The highest BCUT2D eigenvalue weighted by Gasteiger charge is 2.40. The van der Waals surface area contributed by atoms with Gasteiger partial charge in [0.05, 0.1) is 0 Å². The van der Waals surface area contributed by atoms with Crippen LogP contribution in [0.15, 0.2) is 83.9 Å². The molecule has 0 amide bonds. The molecule has 0 aliphatic carbocycles. The third-order valence-corrected chi connectivity index (χ3v) is 6.62. The van der Waals surface area contributed by atoms with Crippen LogP contribution < -0.4 is 5.32 Å². The van der Waals surface area contributed by atoms with Crippen molar-refractivity contribution in [1.82, 2.24) is 10.2 Å². The first-order valence-electron chi connectivity index (χ1n) is 11.3. The van der Waals surface area contributed by atoms with E-state index in [1.165, 1.54) is 11.6 Å². The number of phenolic OH excluding ortho intramolecular Hbond substituents is 1. The summed E-state index contributed by atoms with van der Waals surface area (Å²) in [5, 5.41) is 14.2. The predicted octanol–water partition coefficient (Wildman–Crippen LogP) is 5.05. The fraction of sp³-hybridized carbons (Fsp3) is 0.296. The molecule has 3 aromatic carbocycles. The number of halogens is 1. The topological polar surface area (TPSA) is 47.9 Å². The predicted molar refractivity (Wildman–Crippen MR) is 125 cm³/mol. The number of hydrogen-bond donors (Lipinski definition) is 2. The van der Waals surface area contributed by atoms with E-state index in [9.17, 15) is 9.50 Å². The summed E-state index contributed by atoms with van der Waals surface area (Å²) < 4.78 is 14.7. The van der Waals surface area contributed by atoms with Gasteiger partial charge in [-0.1, -0.05) is 60.7 Å². The number of aliphatic imine (C=N–C) groups is 1. The largest absolute Gasteiger partial charge is 0.507 e. The lowest BCUT2D eigenvalue weighted by molar-refractivity contribution is 0.119. The molecule has 4 nitrogen and oxygen atoms in total. The highest BCUT2D eigenvalue weighted by Crippen LogP contribution is 2.37. The van der Waals surface area contributed by atoms with E-state index in [0.29, 0.717) is 12.0 Å². The minimum atomic E-state index is -0.462. The molecule has 5 heteroatoms. The first-order chi connectivity index (χ1) is 15.6. The molecule has 1 saturated heterocycles. The summed E-state index contributed by atoms with van der Waals surface area (Å²) in [5.74, 6) is 0.0114. The fourth-order valence-corrected chi connectivity index (χ4v) is 4.92. The molecular formula is C27H28FN3O. The minimum Gasteiger partial charge on any atom is -0.507 e. The third kappa shape index (κ3) is 4.31. The second-order valence-electron chi connectivity index (χ2n) is 8.79. The molecule has 32 heavy (non-hydrogen) atoms. The van der Waals surface area contributed by atoms with Crippen molar-refractivity contribution < 1.29 is 9.50 Å². The number of benzene rings is 3. The van der Waals surface area contributed by atoms with E-state index in [0.717, 1.165) is 43.8 Å². The molecule has 2 N–H and O–H groups in total. The summed E-state index contributed by atoms with van der Waals surface area (Å²) in [5.41, 5.74) is 3.08. The zero-order chi connectivity index (χ0) is 22.0. The Kier molecular flexibility index (Phi) is 5.77. The van der Waals surface area contributed by atoms with Gasteiger partial charge in [0.15, 0.2) is 0 Å². The van der Waals surface area contributed by atoms with Gasteiger partial charge in [-0.05, 0) is 36.6 Å². The highest BCUT2D eigenvalue weighted by atomic mass is 19.1. The van der Waals surface area contributed by atoms with E-state index < -0.39 is 5.66 Å². The van der Waals surface area contributed by atoms with Crippen molar-refractivity contribution in [3.05, 3.63) is 101 Å². The zero-order valence-corrected chi connectivity index (χ0v) is 18.0. The maximum Gasteiger partial charge on any atom is 0.127 e. The van der Waals surface area contributed by atoms with Gasteiger partial charge in [0.25, 0.3) is 0 Å². The monoisotopic (exact) mass is 429 g/mol. The summed E-state index contributed by atoms with van der Waals surface area (Å²) in [6.45, 7) is 2.73. The van der Waals surface area contributed by atoms with Crippen molar-refractivity contribution in [1.29, 1.82) is 0 Å². The Labute approximate surface area is 188 Å². The van der Waals surface area contributed by atoms with E-state index in [1.807, 2.05) is 36.4 Å². The van der Waals surface area contributed by atoms with Crippen LogP contribution in [0.3, 0.4) is 0 Å². The molecule has 0 radical (unpaired) electrons. The standard InChI is InChI=1S/C27H28FN3O/c28-23-12-6-4-10-21(23)24-18-25(22-11-5-7-13-26(22)32)30-27(29-24)14-16-31(17-15-27)19-20-8-2-1-3-9-20/h1-13,24,29,32H,14-19H2. The number of likely N-dealkylation sites (tertiary alicyclic amines) is 1. The van der Waals surface area contributed by atoms with Gasteiger partial charge in [0.2, 0.25) is 0 Å². The maximum atomic E-state index is 14.7. The molecule has 0 aromatic heterocycles. The van der Waals surface area contributed by atoms with E-state index in [2.05, 4.69) is 34.5 Å². The van der Waals surface area contributed by atoms with Crippen LogP contribution in [0.1, 0.15) is 42.0 Å². The van der Waals surface area contributed by atoms with Crippen molar-refractivity contribution in [2.75, 3.05) is 13.1 Å². The van der Waals surface area contributed by atoms with Gasteiger partial charge in [0.1, 0.15) is 17.2 Å². The number of nitrogens with one attached hydrogen (secondary N) is 1. The van der Waals surface area contributed by atoms with Gasteiger partial charge in [-0.25, -0.2) is 4.39 Å². The lowest BCUT2D eigenvalue weighted by Gasteiger charge is -2.45. The summed E-state index contributed by atoms with van der Waals surface area (Å²) in [4.78, 5) is 7.60. The smallest absolute Gasteiger partial charge is 0.127 e. The van der Waals surface area contributed by atoms with Crippen LogP contribution in [0.2, 0.25) is 0 Å². The average molecular weight is 430 g/mol. The van der Waals surface area contributed by atoms with Crippen molar-refractivity contribution >= 4 is 5.71 Å². The van der Waals surface area contributed by atoms with Crippen molar-refractivity contribution in [3.8, 4) is 5.75 Å². The van der Waals surface area contributed by atoms with Crippen molar-refractivity contribution in [2.24, 2.45) is 4.99 Å². The molecule has 1 atom stereocenters. The first kappa shape index (κ1) is 20.9. The Morgan fingerprint density at radius 3 is 2.38 bits per heavy atom. The molecule has 2 aliphatic rings. The number of rotatable bonds is 4. The minimum absolute atomic E-state index is 0.191. The van der Waals surface area contributed by atoms with Gasteiger partial charge in [-0.15, -0.1) is 0 Å². The molecule has 1 spiro atoms. The molecule has 3 aromatic rings. The van der Waals surface area contributed by atoms with Crippen LogP contribution in [0.4, 0.5) is 4.39 Å². The second-order valence-corrected chi connectivity index (χ2v) is 8.79. The second kappa shape index (κ2) is 8.85. The Bertz CT molecular complexity index is 1110. The molecule has 164 valence electrons. The van der Waals surface area contributed by atoms with E-state index >= 15 is 0 Å². The normalized spacial score (nSPS) is 20.8. The number of para-hydroxylation sites is 1. The number of aromatic hydroxyl groups is 1. The molecular weight excluding hydrogens is 401 g/mol. The lowest BCUT2D eigenvalue weighted by Crippen LogP contribution is -2.56. The Balaban J connectivity index is 1.43. The highest BCUT2D eigenvalue weighted by molar-refractivity contribution is 6.03. The zero-order valence-electron chi connectivity index (χ0n) is 18.0. The van der Waals surface area contributed by atoms with Crippen LogP contribution in [0, 0.1) is 5.82 Å².